The zero-order valence-electron chi connectivity index (χ0n) is 14.2. The highest BCUT2D eigenvalue weighted by molar-refractivity contribution is 7.89. The molecule has 0 bridgehead atoms. The van der Waals surface area contributed by atoms with Gasteiger partial charge in [-0.3, -0.25) is 14.7 Å². The minimum atomic E-state index is -3.21. The Morgan fingerprint density at radius 3 is 2.79 bits per heavy atom. The number of likely N-dealkylation sites (N-methyl/N-ethyl adjacent to an activating group) is 1. The second kappa shape index (κ2) is 6.42. The van der Waals surface area contributed by atoms with E-state index in [1.807, 2.05) is 24.9 Å². The van der Waals surface area contributed by atoms with Crippen LogP contribution >= 0.6 is 0 Å². The summed E-state index contributed by atoms with van der Waals surface area (Å²) in [6.45, 7) is 3.61. The van der Waals surface area contributed by atoms with Crippen LogP contribution in [-0.4, -0.2) is 73.0 Å². The van der Waals surface area contributed by atoms with Gasteiger partial charge in [-0.05, 0) is 32.0 Å². The van der Waals surface area contributed by atoms with Crippen LogP contribution in [0.3, 0.4) is 0 Å². The van der Waals surface area contributed by atoms with Crippen molar-refractivity contribution in [3.63, 3.8) is 0 Å². The summed E-state index contributed by atoms with van der Waals surface area (Å²) in [4.78, 5) is 20.3. The SMILES string of the molecule is CCCS(=O)(=O)N1CC[C@@]2(CN(c3cccnc3)C(=O)CN2C)C1. The lowest BCUT2D eigenvalue weighted by molar-refractivity contribution is -0.123. The number of carbonyl (C=O) groups is 1. The van der Waals surface area contributed by atoms with Gasteiger partial charge in [-0.25, -0.2) is 8.42 Å². The Labute approximate surface area is 143 Å². The summed E-state index contributed by atoms with van der Waals surface area (Å²) >= 11 is 0. The molecule has 24 heavy (non-hydrogen) atoms. The summed E-state index contributed by atoms with van der Waals surface area (Å²) < 4.78 is 26.4. The van der Waals surface area contributed by atoms with Crippen molar-refractivity contribution in [3.05, 3.63) is 24.5 Å². The monoisotopic (exact) mass is 352 g/mol. The molecule has 3 heterocycles. The van der Waals surface area contributed by atoms with E-state index in [4.69, 9.17) is 0 Å². The molecule has 2 fully saturated rings. The second-order valence-electron chi connectivity index (χ2n) is 6.67. The van der Waals surface area contributed by atoms with Gasteiger partial charge in [0.15, 0.2) is 0 Å². The molecule has 0 aliphatic carbocycles. The van der Waals surface area contributed by atoms with Crippen LogP contribution in [0.15, 0.2) is 24.5 Å². The minimum absolute atomic E-state index is 0.0194. The summed E-state index contributed by atoms with van der Waals surface area (Å²) in [6, 6.07) is 3.67. The zero-order valence-corrected chi connectivity index (χ0v) is 15.0. The number of amides is 1. The summed E-state index contributed by atoms with van der Waals surface area (Å²) in [7, 11) is -1.30. The van der Waals surface area contributed by atoms with E-state index in [2.05, 4.69) is 4.98 Å². The van der Waals surface area contributed by atoms with Crippen LogP contribution in [-0.2, 0) is 14.8 Å². The van der Waals surface area contributed by atoms with Crippen LogP contribution in [0.2, 0.25) is 0 Å². The molecule has 0 N–H and O–H groups in total. The first-order valence-corrected chi connectivity index (χ1v) is 9.88. The number of anilines is 1. The van der Waals surface area contributed by atoms with Crippen molar-refractivity contribution in [2.45, 2.75) is 25.3 Å². The number of hydrogen-bond donors (Lipinski definition) is 0. The molecular formula is C16H24N4O3S. The molecular weight excluding hydrogens is 328 g/mol. The van der Waals surface area contributed by atoms with Crippen molar-refractivity contribution in [1.29, 1.82) is 0 Å². The molecule has 8 heteroatoms. The maximum absolute atomic E-state index is 12.5. The zero-order chi connectivity index (χ0) is 17.4. The Morgan fingerprint density at radius 2 is 2.12 bits per heavy atom. The highest BCUT2D eigenvalue weighted by Crippen LogP contribution is 2.34. The van der Waals surface area contributed by atoms with E-state index >= 15 is 0 Å². The van der Waals surface area contributed by atoms with E-state index in [1.54, 1.807) is 27.7 Å². The van der Waals surface area contributed by atoms with Gasteiger partial charge in [0, 0.05) is 25.8 Å². The van der Waals surface area contributed by atoms with Crippen molar-refractivity contribution in [2.75, 3.05) is 43.9 Å². The predicted octanol–water partition coefficient (Wildman–Crippen LogP) is 0.544. The Hall–Kier alpha value is -1.51. The van der Waals surface area contributed by atoms with Gasteiger partial charge >= 0.3 is 0 Å². The van der Waals surface area contributed by atoms with Gasteiger partial charge in [-0.2, -0.15) is 4.31 Å². The third-order valence-corrected chi connectivity index (χ3v) is 7.07. The van der Waals surface area contributed by atoms with Gasteiger partial charge in [0.25, 0.3) is 0 Å². The fourth-order valence-corrected chi connectivity index (χ4v) is 5.17. The molecule has 3 rings (SSSR count). The second-order valence-corrected chi connectivity index (χ2v) is 8.76. The fourth-order valence-electron chi connectivity index (χ4n) is 3.59. The van der Waals surface area contributed by atoms with Gasteiger partial charge in [0.05, 0.1) is 29.7 Å². The largest absolute Gasteiger partial charge is 0.308 e. The number of nitrogens with zero attached hydrogens (tertiary/aromatic N) is 4. The van der Waals surface area contributed by atoms with Crippen LogP contribution in [0, 0.1) is 0 Å². The first kappa shape index (κ1) is 17.3. The van der Waals surface area contributed by atoms with Crippen molar-refractivity contribution in [2.24, 2.45) is 0 Å². The summed E-state index contributed by atoms with van der Waals surface area (Å²) in [5.74, 6) is 0.198. The molecule has 0 unspecified atom stereocenters. The average molecular weight is 352 g/mol. The van der Waals surface area contributed by atoms with E-state index in [0.717, 1.165) is 12.1 Å². The molecule has 2 aliphatic heterocycles. The van der Waals surface area contributed by atoms with E-state index in [1.165, 1.54) is 0 Å². The van der Waals surface area contributed by atoms with Crippen molar-refractivity contribution in [1.82, 2.24) is 14.2 Å². The van der Waals surface area contributed by atoms with E-state index < -0.39 is 10.0 Å². The lowest BCUT2D eigenvalue weighted by atomic mass is 9.93. The molecule has 0 aromatic carbocycles. The van der Waals surface area contributed by atoms with Gasteiger partial charge < -0.3 is 4.90 Å². The number of rotatable bonds is 4. The third-order valence-electron chi connectivity index (χ3n) is 5.05. The fraction of sp³-hybridized carbons (Fsp3) is 0.625. The molecule has 1 aromatic rings. The molecule has 1 atom stereocenters. The highest BCUT2D eigenvalue weighted by atomic mass is 32.2. The Morgan fingerprint density at radius 1 is 1.33 bits per heavy atom. The highest BCUT2D eigenvalue weighted by Gasteiger charge is 2.49. The Bertz CT molecular complexity index is 709. The van der Waals surface area contributed by atoms with Crippen LogP contribution < -0.4 is 4.90 Å². The number of sulfonamides is 1. The van der Waals surface area contributed by atoms with Gasteiger partial charge in [-0.15, -0.1) is 0 Å². The molecule has 2 aliphatic rings. The molecule has 0 saturated carbocycles. The van der Waals surface area contributed by atoms with Crippen LogP contribution in [0.1, 0.15) is 19.8 Å². The molecule has 1 amide bonds. The first-order chi connectivity index (χ1) is 11.4. The van der Waals surface area contributed by atoms with Crippen LogP contribution in [0.25, 0.3) is 0 Å². The standard InChI is InChI=1S/C16H24N4O3S/c1-3-9-24(22,23)19-8-6-16(12-19)13-20(15(21)11-18(16)2)14-5-4-7-17-10-14/h4-5,7,10H,3,6,8-9,11-13H2,1-2H3/t16-/m0/s1. The number of carbonyl (C=O) groups excluding carboxylic acids is 1. The van der Waals surface area contributed by atoms with E-state index in [9.17, 15) is 13.2 Å². The van der Waals surface area contributed by atoms with E-state index in [0.29, 0.717) is 26.1 Å². The van der Waals surface area contributed by atoms with Crippen LogP contribution in [0.4, 0.5) is 5.69 Å². The number of pyridine rings is 1. The summed E-state index contributed by atoms with van der Waals surface area (Å²) in [5.41, 5.74) is 0.440. The third kappa shape index (κ3) is 3.05. The lowest BCUT2D eigenvalue weighted by Gasteiger charge is -2.46. The number of aromatic nitrogens is 1. The molecule has 7 nitrogen and oxygen atoms in total. The maximum atomic E-state index is 12.5. The molecule has 1 spiro atoms. The number of hydrogen-bond acceptors (Lipinski definition) is 5. The predicted molar refractivity (Wildman–Crippen MR) is 92.2 cm³/mol. The van der Waals surface area contributed by atoms with Gasteiger partial charge in [0.2, 0.25) is 15.9 Å². The summed E-state index contributed by atoms with van der Waals surface area (Å²) in [5, 5.41) is 0. The Balaban J connectivity index is 1.84. The smallest absolute Gasteiger partial charge is 0.241 e. The normalized spacial score (nSPS) is 26.4. The molecule has 1 aromatic heterocycles. The van der Waals surface area contributed by atoms with Gasteiger partial charge in [0.1, 0.15) is 0 Å². The van der Waals surface area contributed by atoms with Crippen molar-refractivity contribution < 1.29 is 13.2 Å². The molecule has 132 valence electrons. The lowest BCUT2D eigenvalue weighted by Crippen LogP contribution is -2.64. The van der Waals surface area contributed by atoms with Gasteiger partial charge in [-0.1, -0.05) is 6.92 Å². The topological polar surface area (TPSA) is 73.8 Å². The first-order valence-electron chi connectivity index (χ1n) is 8.27. The Kier molecular flexibility index (Phi) is 4.63. The van der Waals surface area contributed by atoms with Crippen molar-refractivity contribution in [3.8, 4) is 0 Å². The van der Waals surface area contributed by atoms with Crippen LogP contribution in [0.5, 0.6) is 0 Å². The van der Waals surface area contributed by atoms with Crippen molar-refractivity contribution >= 4 is 21.6 Å². The molecule has 0 radical (unpaired) electrons. The summed E-state index contributed by atoms with van der Waals surface area (Å²) in [6.07, 6.45) is 4.70. The quantitative estimate of drug-likeness (QED) is 0.791. The average Bonchev–Trinajstić information content (AvgIpc) is 2.98. The number of piperazine rings is 1. The molecule has 2 saturated heterocycles. The minimum Gasteiger partial charge on any atom is -0.308 e. The van der Waals surface area contributed by atoms with E-state index in [-0.39, 0.29) is 23.7 Å². The maximum Gasteiger partial charge on any atom is 0.241 e.